The summed E-state index contributed by atoms with van der Waals surface area (Å²) < 4.78 is 1.75. The summed E-state index contributed by atoms with van der Waals surface area (Å²) in [6.45, 7) is 5.19. The Labute approximate surface area is 86.8 Å². The van der Waals surface area contributed by atoms with Crippen LogP contribution in [0.2, 0.25) is 62.1 Å². The summed E-state index contributed by atoms with van der Waals surface area (Å²) in [4.78, 5) is 11.0. The van der Waals surface area contributed by atoms with Crippen LogP contribution in [0.15, 0.2) is 0 Å². The van der Waals surface area contributed by atoms with Crippen LogP contribution in [0.25, 0.3) is 0 Å². The van der Waals surface area contributed by atoms with E-state index < -0.39 is 14.6 Å². The summed E-state index contributed by atoms with van der Waals surface area (Å²) >= 11 is 0. The van der Waals surface area contributed by atoms with E-state index in [9.17, 15) is 0 Å². The van der Waals surface area contributed by atoms with Gasteiger partial charge >= 0.3 is 86.9 Å². The van der Waals surface area contributed by atoms with Gasteiger partial charge in [-0.15, -0.1) is 0 Å². The van der Waals surface area contributed by atoms with Crippen molar-refractivity contribution < 1.29 is 6.51 Å². The molecule has 10 aliphatic rings. The topological polar surface area (TPSA) is 26.0 Å². The molecular weight excluding hydrogens is 254 g/mol. The molecule has 2 N–H and O–H groups in total. The predicted molar refractivity (Wildman–Crippen MR) is 63.0 cm³/mol. The minimum atomic E-state index is -3.02. The first-order valence-electron chi connectivity index (χ1n) is 7.18. The molecule has 0 radical (unpaired) electrons. The van der Waals surface area contributed by atoms with E-state index in [1.807, 2.05) is 0 Å². The Morgan fingerprint density at radius 1 is 0.875 bits per heavy atom. The molecule has 3 heteroatoms. The molecule has 0 aromatic carbocycles. The molecule has 0 bridgehead atoms. The molecule has 0 amide bonds. The van der Waals surface area contributed by atoms with Crippen molar-refractivity contribution in [3.63, 3.8) is 0 Å². The molecule has 16 heavy (non-hydrogen) atoms. The molecular formula is C13H19FeNSi. The number of hydrogen-bond donors (Lipinski definition) is 1. The second kappa shape index (κ2) is 0.441. The third kappa shape index (κ3) is 0.0496. The Bertz CT molecular complexity index is 996. The molecule has 88 valence electrons. The Morgan fingerprint density at radius 2 is 1.31 bits per heavy atom. The van der Waals surface area contributed by atoms with E-state index in [4.69, 9.17) is 5.73 Å². The Balaban J connectivity index is 1.82. The summed E-state index contributed by atoms with van der Waals surface area (Å²) in [5.41, 5.74) is 7.16. The molecule has 10 rings (SSSR count). The first kappa shape index (κ1) is 6.23. The van der Waals surface area contributed by atoms with Crippen LogP contribution in [-0.2, 0) is 6.51 Å². The average Bonchev–Trinajstić information content (AvgIpc) is 3.08. The predicted octanol–water partition coefficient (Wildman–Crippen LogP) is 3.49. The van der Waals surface area contributed by atoms with Gasteiger partial charge in [0.2, 0.25) is 0 Å². The minimum absolute atomic E-state index is 0.648. The SMILES string of the molecule is C[Si](C)(C)[C]12[CH]3[CH]4[CH]5[CH]1[Fe]45321678[CH]2[CH]1[CH]6[C]7(N)[CH]28. The van der Waals surface area contributed by atoms with Gasteiger partial charge in [0.15, 0.2) is 0 Å². The van der Waals surface area contributed by atoms with Crippen LogP contribution in [0.4, 0.5) is 0 Å². The van der Waals surface area contributed by atoms with Crippen molar-refractivity contribution in [1.29, 1.82) is 0 Å². The van der Waals surface area contributed by atoms with Crippen molar-refractivity contribution in [1.82, 2.24) is 0 Å². The molecule has 10 aliphatic heterocycles. The fraction of sp³-hybridized carbons (Fsp3) is 1.00. The zero-order chi connectivity index (χ0) is 10.4. The van der Waals surface area contributed by atoms with Gasteiger partial charge in [-0.3, -0.25) is 0 Å². The summed E-state index contributed by atoms with van der Waals surface area (Å²) in [5.74, 6) is 0. The zero-order valence-corrected chi connectivity index (χ0v) is 12.2. The van der Waals surface area contributed by atoms with E-state index in [1.54, 1.807) is 0 Å². The molecule has 0 saturated carbocycles. The average molecular weight is 273 g/mol. The van der Waals surface area contributed by atoms with Crippen LogP contribution in [0.5, 0.6) is 0 Å². The number of hydrogen-bond acceptors (Lipinski definition) is 1. The van der Waals surface area contributed by atoms with E-state index in [-0.39, 0.29) is 0 Å². The van der Waals surface area contributed by atoms with Gasteiger partial charge in [0, 0.05) is 0 Å². The molecule has 10 saturated heterocycles. The molecule has 8 atom stereocenters. The van der Waals surface area contributed by atoms with Crippen LogP contribution < -0.4 is 5.73 Å². The van der Waals surface area contributed by atoms with Gasteiger partial charge in [0.1, 0.15) is 0 Å². The molecule has 1 spiro atoms. The first-order chi connectivity index (χ1) is 7.18. The molecule has 0 aromatic rings. The van der Waals surface area contributed by atoms with Crippen LogP contribution in [-0.4, -0.2) is 12.5 Å². The van der Waals surface area contributed by atoms with Crippen molar-refractivity contribution in [3.05, 3.63) is 0 Å². The van der Waals surface area contributed by atoms with Gasteiger partial charge in [-0.2, -0.15) is 0 Å². The van der Waals surface area contributed by atoms with Crippen molar-refractivity contribution in [2.45, 2.75) is 66.5 Å². The number of rotatable bonds is 1. The molecule has 0 aromatic heterocycles. The Kier molecular flexibility index (Phi) is 0.172. The molecule has 10 heterocycles. The van der Waals surface area contributed by atoms with E-state index in [0.29, 0.717) is 4.44 Å². The van der Waals surface area contributed by atoms with Gasteiger partial charge in [0.25, 0.3) is 0 Å². The van der Waals surface area contributed by atoms with Crippen molar-refractivity contribution in [3.8, 4) is 0 Å². The number of nitrogens with two attached hydrogens (primary N) is 1. The van der Waals surface area contributed by atoms with Crippen molar-refractivity contribution in [2.24, 2.45) is 5.73 Å². The van der Waals surface area contributed by atoms with Gasteiger partial charge in [-0.25, -0.2) is 0 Å². The van der Waals surface area contributed by atoms with Gasteiger partial charge in [-0.05, 0) is 0 Å². The second-order valence-corrected chi connectivity index (χ2v) is 41.1. The Morgan fingerprint density at radius 3 is 1.38 bits per heavy atom. The van der Waals surface area contributed by atoms with Gasteiger partial charge in [-0.1, -0.05) is 0 Å². The molecule has 10 fully saturated rings. The maximum atomic E-state index is 7.16. The zero-order valence-electron chi connectivity index (χ0n) is 10.0. The standard InChI is InChI=1S/C8H13Si.C5H6N.Fe/c1-9(2,3)8-6-4-5-7-8;6-5-3-1-2-4-5;/h4-7H,1-3H3;1-4H,6H2;. The van der Waals surface area contributed by atoms with Crippen molar-refractivity contribution >= 4 is 8.07 Å². The normalized spacial score (nSPS) is 132. The van der Waals surface area contributed by atoms with E-state index in [1.165, 1.54) is 38.5 Å². The van der Waals surface area contributed by atoms with Crippen molar-refractivity contribution in [2.75, 3.05) is 0 Å². The van der Waals surface area contributed by atoms with Crippen LogP contribution in [0, 0.1) is 0 Å². The molecule has 8 unspecified atom stereocenters. The third-order valence-corrected chi connectivity index (χ3v) is 68.1. The van der Waals surface area contributed by atoms with E-state index in [0.717, 1.165) is 3.94 Å². The molecule has 1 nitrogen and oxygen atoms in total. The van der Waals surface area contributed by atoms with E-state index in [2.05, 4.69) is 19.6 Å². The van der Waals surface area contributed by atoms with E-state index >= 15 is 0 Å². The third-order valence-electron chi connectivity index (χ3n) is 16.1. The second-order valence-electron chi connectivity index (χ2n) is 12.1. The number of fused-ring (bicyclic) bond motifs is 10. The summed E-state index contributed by atoms with van der Waals surface area (Å²) in [7, 11) is -0.928. The van der Waals surface area contributed by atoms with Crippen LogP contribution in [0.3, 0.4) is 0 Å². The van der Waals surface area contributed by atoms with Crippen LogP contribution in [0.1, 0.15) is 0 Å². The van der Waals surface area contributed by atoms with Gasteiger partial charge in [0.05, 0.1) is 0 Å². The van der Waals surface area contributed by atoms with Crippen LogP contribution >= 0.6 is 0 Å². The van der Waals surface area contributed by atoms with Gasteiger partial charge < -0.3 is 0 Å². The summed E-state index contributed by atoms with van der Waals surface area (Å²) in [6.07, 6.45) is 0. The molecule has 0 aliphatic carbocycles. The fourth-order valence-electron chi connectivity index (χ4n) is 18.8. The quantitative estimate of drug-likeness (QED) is 0.727. The first-order valence-corrected chi connectivity index (χ1v) is 16.9. The summed E-state index contributed by atoms with van der Waals surface area (Å²) in [6, 6.07) is 0. The Hall–Kier alpha value is 0.696. The monoisotopic (exact) mass is 273 g/mol. The maximum absolute atomic E-state index is 7.16. The summed E-state index contributed by atoms with van der Waals surface area (Å²) in [5, 5.41) is 0. The fourth-order valence-corrected chi connectivity index (χ4v) is 120.